The van der Waals surface area contributed by atoms with Crippen molar-refractivity contribution in [2.75, 3.05) is 10.6 Å². The Morgan fingerprint density at radius 3 is 2.42 bits per heavy atom. The van der Waals surface area contributed by atoms with Gasteiger partial charge in [-0.1, -0.05) is 17.7 Å². The second-order valence-electron chi connectivity index (χ2n) is 3.76. The molecule has 2 rings (SSSR count). The lowest BCUT2D eigenvalue weighted by Gasteiger charge is -2.11. The number of phenols is 1. The Kier molecular flexibility index (Phi) is 4.19. The molecule has 0 saturated carbocycles. The molecule has 0 fully saturated rings. The van der Waals surface area contributed by atoms with Crippen molar-refractivity contribution in [3.05, 3.63) is 53.3 Å². The van der Waals surface area contributed by atoms with Gasteiger partial charge in [-0.15, -0.1) is 0 Å². The smallest absolute Gasteiger partial charge is 0.175 e. The van der Waals surface area contributed by atoms with Crippen LogP contribution in [-0.2, 0) is 0 Å². The largest absolute Gasteiger partial charge is 0.508 e. The summed E-state index contributed by atoms with van der Waals surface area (Å²) in [6.07, 6.45) is 0. The van der Waals surface area contributed by atoms with Crippen molar-refractivity contribution in [2.45, 2.75) is 0 Å². The van der Waals surface area contributed by atoms with Crippen molar-refractivity contribution >= 4 is 40.3 Å². The Morgan fingerprint density at radius 1 is 1.11 bits per heavy atom. The van der Waals surface area contributed by atoms with E-state index in [0.717, 1.165) is 0 Å². The summed E-state index contributed by atoms with van der Waals surface area (Å²) in [5.41, 5.74) is 1.12. The minimum absolute atomic E-state index is 0.0532. The molecule has 0 amide bonds. The molecule has 0 aliphatic carbocycles. The average Bonchev–Trinajstić information content (AvgIpc) is 2.34. The lowest BCUT2D eigenvalue weighted by Crippen LogP contribution is -2.19. The maximum atomic E-state index is 13.2. The van der Waals surface area contributed by atoms with Crippen LogP contribution in [-0.4, -0.2) is 10.2 Å². The Bertz CT molecular complexity index is 621. The summed E-state index contributed by atoms with van der Waals surface area (Å²) in [4.78, 5) is 0. The number of phenolic OH excluding ortho intramolecular Hbond substituents is 1. The molecule has 0 spiro atoms. The van der Waals surface area contributed by atoms with Crippen molar-refractivity contribution in [1.82, 2.24) is 0 Å². The minimum atomic E-state index is -0.521. The van der Waals surface area contributed by atoms with E-state index in [-0.39, 0.29) is 15.9 Å². The number of benzene rings is 2. The molecule has 0 bridgehead atoms. The van der Waals surface area contributed by atoms with Gasteiger partial charge in [0.25, 0.3) is 0 Å². The SMILES string of the molecule is Oc1cccc(NC(=S)Nc2ccc(Cl)c(F)c2)c1. The van der Waals surface area contributed by atoms with E-state index in [1.165, 1.54) is 18.2 Å². The maximum absolute atomic E-state index is 13.2. The van der Waals surface area contributed by atoms with Gasteiger partial charge in [-0.05, 0) is 42.5 Å². The molecule has 0 aliphatic rings. The van der Waals surface area contributed by atoms with Crippen LogP contribution in [0.15, 0.2) is 42.5 Å². The first-order valence-electron chi connectivity index (χ1n) is 5.37. The second-order valence-corrected chi connectivity index (χ2v) is 4.57. The third-order valence-electron chi connectivity index (χ3n) is 2.28. The highest BCUT2D eigenvalue weighted by molar-refractivity contribution is 7.80. The van der Waals surface area contributed by atoms with Crippen LogP contribution in [0.3, 0.4) is 0 Å². The van der Waals surface area contributed by atoms with E-state index in [0.29, 0.717) is 11.4 Å². The Hall–Kier alpha value is -1.85. The first-order valence-corrected chi connectivity index (χ1v) is 6.15. The molecule has 0 saturated heterocycles. The Labute approximate surface area is 120 Å². The molecule has 0 radical (unpaired) electrons. The maximum Gasteiger partial charge on any atom is 0.175 e. The van der Waals surface area contributed by atoms with Crippen molar-refractivity contribution in [2.24, 2.45) is 0 Å². The lowest BCUT2D eigenvalue weighted by atomic mass is 10.3. The molecule has 98 valence electrons. The second kappa shape index (κ2) is 5.86. The van der Waals surface area contributed by atoms with Gasteiger partial charge in [0.05, 0.1) is 5.02 Å². The molecular formula is C13H10ClFN2OS. The zero-order valence-electron chi connectivity index (χ0n) is 9.65. The van der Waals surface area contributed by atoms with Crippen LogP contribution in [0.25, 0.3) is 0 Å². The van der Waals surface area contributed by atoms with Gasteiger partial charge in [0, 0.05) is 17.4 Å². The molecule has 0 aliphatic heterocycles. The van der Waals surface area contributed by atoms with Crippen LogP contribution in [0, 0.1) is 5.82 Å². The van der Waals surface area contributed by atoms with Crippen LogP contribution >= 0.6 is 23.8 Å². The molecular weight excluding hydrogens is 287 g/mol. The van der Waals surface area contributed by atoms with Crippen molar-refractivity contribution in [1.29, 1.82) is 0 Å². The number of rotatable bonds is 2. The number of hydrogen-bond acceptors (Lipinski definition) is 2. The highest BCUT2D eigenvalue weighted by Crippen LogP contribution is 2.19. The average molecular weight is 297 g/mol. The standard InChI is InChI=1S/C13H10ClFN2OS/c14-11-5-4-9(7-12(11)15)17-13(19)16-8-2-1-3-10(18)6-8/h1-7,18H,(H2,16,17,19). The number of halogens is 2. The van der Waals surface area contributed by atoms with E-state index in [9.17, 15) is 9.50 Å². The number of nitrogens with one attached hydrogen (secondary N) is 2. The third-order valence-corrected chi connectivity index (χ3v) is 2.79. The number of thiocarbonyl (C=S) groups is 1. The summed E-state index contributed by atoms with van der Waals surface area (Å²) in [7, 11) is 0. The van der Waals surface area contributed by atoms with Crippen molar-refractivity contribution in [3.8, 4) is 5.75 Å². The summed E-state index contributed by atoms with van der Waals surface area (Å²) in [6.45, 7) is 0. The van der Waals surface area contributed by atoms with Crippen LogP contribution in [0.5, 0.6) is 5.75 Å². The molecule has 2 aromatic rings. The van der Waals surface area contributed by atoms with Gasteiger partial charge in [-0.2, -0.15) is 0 Å². The fourth-order valence-electron chi connectivity index (χ4n) is 1.45. The zero-order chi connectivity index (χ0) is 13.8. The molecule has 0 heterocycles. The highest BCUT2D eigenvalue weighted by atomic mass is 35.5. The van der Waals surface area contributed by atoms with E-state index in [1.807, 2.05) is 0 Å². The summed E-state index contributed by atoms with van der Waals surface area (Å²) >= 11 is 10.7. The predicted molar refractivity (Wildman–Crippen MR) is 79.4 cm³/mol. The summed E-state index contributed by atoms with van der Waals surface area (Å²) in [6, 6.07) is 10.8. The van der Waals surface area contributed by atoms with E-state index < -0.39 is 5.82 Å². The van der Waals surface area contributed by atoms with E-state index in [2.05, 4.69) is 10.6 Å². The van der Waals surface area contributed by atoms with Crippen molar-refractivity contribution in [3.63, 3.8) is 0 Å². The molecule has 2 aromatic carbocycles. The molecule has 6 heteroatoms. The predicted octanol–water partition coefficient (Wildman–Crippen LogP) is 3.99. The number of hydrogen-bond donors (Lipinski definition) is 3. The van der Waals surface area contributed by atoms with E-state index >= 15 is 0 Å². The minimum Gasteiger partial charge on any atom is -0.508 e. The fourth-order valence-corrected chi connectivity index (χ4v) is 1.80. The van der Waals surface area contributed by atoms with E-state index in [1.54, 1.807) is 24.3 Å². The van der Waals surface area contributed by atoms with Crippen molar-refractivity contribution < 1.29 is 9.50 Å². The van der Waals surface area contributed by atoms with Gasteiger partial charge in [0.2, 0.25) is 0 Å². The van der Waals surface area contributed by atoms with Crippen LogP contribution in [0.4, 0.5) is 15.8 Å². The van der Waals surface area contributed by atoms with Gasteiger partial charge < -0.3 is 15.7 Å². The van der Waals surface area contributed by atoms with Gasteiger partial charge >= 0.3 is 0 Å². The van der Waals surface area contributed by atoms with Gasteiger partial charge in [0.15, 0.2) is 5.11 Å². The molecule has 3 nitrogen and oxygen atoms in total. The van der Waals surface area contributed by atoms with Gasteiger partial charge in [-0.3, -0.25) is 0 Å². The number of aromatic hydroxyl groups is 1. The molecule has 0 unspecified atom stereocenters. The topological polar surface area (TPSA) is 44.3 Å². The first-order chi connectivity index (χ1) is 9.04. The lowest BCUT2D eigenvalue weighted by molar-refractivity contribution is 0.475. The molecule has 19 heavy (non-hydrogen) atoms. The van der Waals surface area contributed by atoms with Gasteiger partial charge in [0.1, 0.15) is 11.6 Å². The van der Waals surface area contributed by atoms with Gasteiger partial charge in [-0.25, -0.2) is 4.39 Å². The molecule has 0 aromatic heterocycles. The highest BCUT2D eigenvalue weighted by Gasteiger charge is 2.03. The Balaban J connectivity index is 2.03. The van der Waals surface area contributed by atoms with Crippen LogP contribution < -0.4 is 10.6 Å². The molecule has 3 N–H and O–H groups in total. The fraction of sp³-hybridized carbons (Fsp3) is 0. The quantitative estimate of drug-likeness (QED) is 0.733. The Morgan fingerprint density at radius 2 is 1.79 bits per heavy atom. The normalized spacial score (nSPS) is 10.0. The monoisotopic (exact) mass is 296 g/mol. The zero-order valence-corrected chi connectivity index (χ0v) is 11.2. The third kappa shape index (κ3) is 3.81. The van der Waals surface area contributed by atoms with E-state index in [4.69, 9.17) is 23.8 Å². The summed E-state index contributed by atoms with van der Waals surface area (Å²) in [5.74, 6) is -0.392. The van der Waals surface area contributed by atoms with Crippen LogP contribution in [0.1, 0.15) is 0 Å². The van der Waals surface area contributed by atoms with Crippen LogP contribution in [0.2, 0.25) is 5.02 Å². The number of anilines is 2. The summed E-state index contributed by atoms with van der Waals surface area (Å²) in [5, 5.41) is 15.3. The summed E-state index contributed by atoms with van der Waals surface area (Å²) < 4.78 is 13.2. The molecule has 0 atom stereocenters. The first kappa shape index (κ1) is 13.6.